The number of methoxy groups -OCH3 is 1. The Morgan fingerprint density at radius 3 is 2.58 bits per heavy atom. The van der Waals surface area contributed by atoms with Crippen LogP contribution in [-0.2, 0) is 4.79 Å². The minimum atomic E-state index is -0.954. The average Bonchev–Trinajstić information content (AvgIpc) is 2.62. The number of amides is 1. The fraction of sp³-hybridized carbons (Fsp3) is 0.176. The Balaban J connectivity index is 2.16. The van der Waals surface area contributed by atoms with Crippen molar-refractivity contribution in [1.29, 1.82) is 5.26 Å². The minimum Gasteiger partial charge on any atom is -0.495 e. The first-order chi connectivity index (χ1) is 12.3. The Hall–Kier alpha value is -3.31. The average molecular weight is 376 g/mol. The van der Waals surface area contributed by atoms with Crippen molar-refractivity contribution in [3.05, 3.63) is 57.1 Å². The molecule has 0 aliphatic heterocycles. The molecule has 0 saturated heterocycles. The van der Waals surface area contributed by atoms with E-state index in [1.165, 1.54) is 50.4 Å². The van der Waals surface area contributed by atoms with Crippen molar-refractivity contribution >= 4 is 28.9 Å². The SMILES string of the molecule is COc1ccc([N+](=O)[O-])cc1NC(=O)[C@@H](C)Oc1ccc(C#N)cc1Cl. The van der Waals surface area contributed by atoms with Crippen LogP contribution in [0.25, 0.3) is 0 Å². The van der Waals surface area contributed by atoms with E-state index in [9.17, 15) is 14.9 Å². The summed E-state index contributed by atoms with van der Waals surface area (Å²) in [5.41, 5.74) is 0.318. The number of halogens is 1. The summed E-state index contributed by atoms with van der Waals surface area (Å²) in [6, 6.07) is 10.2. The second kappa shape index (κ2) is 8.18. The van der Waals surface area contributed by atoms with E-state index in [0.29, 0.717) is 5.56 Å². The Kier molecular flexibility index (Phi) is 5.98. The van der Waals surface area contributed by atoms with Crippen LogP contribution in [0.4, 0.5) is 11.4 Å². The van der Waals surface area contributed by atoms with E-state index < -0.39 is 16.9 Å². The van der Waals surface area contributed by atoms with Gasteiger partial charge in [-0.3, -0.25) is 14.9 Å². The van der Waals surface area contributed by atoms with E-state index in [2.05, 4.69) is 5.32 Å². The van der Waals surface area contributed by atoms with Gasteiger partial charge in [0.05, 0.1) is 34.4 Å². The normalized spacial score (nSPS) is 11.2. The summed E-state index contributed by atoms with van der Waals surface area (Å²) < 4.78 is 10.6. The smallest absolute Gasteiger partial charge is 0.271 e. The van der Waals surface area contributed by atoms with Gasteiger partial charge in [0.2, 0.25) is 0 Å². The van der Waals surface area contributed by atoms with Gasteiger partial charge in [-0.25, -0.2) is 0 Å². The van der Waals surface area contributed by atoms with Crippen molar-refractivity contribution in [3.63, 3.8) is 0 Å². The number of nitriles is 1. The highest BCUT2D eigenvalue weighted by molar-refractivity contribution is 6.32. The van der Waals surface area contributed by atoms with Gasteiger partial charge in [-0.05, 0) is 31.2 Å². The molecular formula is C17H14ClN3O5. The number of nitrogens with one attached hydrogen (secondary N) is 1. The van der Waals surface area contributed by atoms with E-state index in [-0.39, 0.29) is 27.9 Å². The molecule has 2 rings (SSSR count). The number of nitro groups is 1. The number of rotatable bonds is 6. The highest BCUT2D eigenvalue weighted by Crippen LogP contribution is 2.30. The molecule has 1 amide bonds. The fourth-order valence-corrected chi connectivity index (χ4v) is 2.28. The maximum absolute atomic E-state index is 12.3. The van der Waals surface area contributed by atoms with Crippen LogP contribution in [-0.4, -0.2) is 24.0 Å². The quantitative estimate of drug-likeness (QED) is 0.610. The lowest BCUT2D eigenvalue weighted by Crippen LogP contribution is -2.30. The van der Waals surface area contributed by atoms with Crippen molar-refractivity contribution in [3.8, 4) is 17.6 Å². The van der Waals surface area contributed by atoms with E-state index in [1.807, 2.05) is 6.07 Å². The molecular weight excluding hydrogens is 362 g/mol. The highest BCUT2D eigenvalue weighted by Gasteiger charge is 2.20. The first-order valence-electron chi connectivity index (χ1n) is 7.35. The molecule has 1 N–H and O–H groups in total. The van der Waals surface area contributed by atoms with Gasteiger partial charge in [0.15, 0.2) is 6.10 Å². The zero-order valence-electron chi connectivity index (χ0n) is 13.9. The first kappa shape index (κ1) is 19.0. The summed E-state index contributed by atoms with van der Waals surface area (Å²) in [5.74, 6) is -0.0453. The standard InChI is InChI=1S/C17H14ClN3O5/c1-10(26-15-5-3-11(9-19)7-13(15)18)17(22)20-14-8-12(21(23)24)4-6-16(14)25-2/h3-8,10H,1-2H3,(H,20,22)/t10-/m1/s1. The van der Waals surface area contributed by atoms with Crippen LogP contribution >= 0.6 is 11.6 Å². The van der Waals surface area contributed by atoms with Gasteiger partial charge in [0, 0.05) is 12.1 Å². The molecule has 0 unspecified atom stereocenters. The largest absolute Gasteiger partial charge is 0.495 e. The molecule has 0 aromatic heterocycles. The first-order valence-corrected chi connectivity index (χ1v) is 7.73. The number of carbonyl (C=O) groups excluding carboxylic acids is 1. The molecule has 0 spiro atoms. The number of anilines is 1. The molecule has 0 aliphatic carbocycles. The highest BCUT2D eigenvalue weighted by atomic mass is 35.5. The number of ether oxygens (including phenoxy) is 2. The Labute approximate surface area is 154 Å². The molecule has 9 heteroatoms. The van der Waals surface area contributed by atoms with E-state index >= 15 is 0 Å². The number of non-ortho nitro benzene ring substituents is 1. The van der Waals surface area contributed by atoms with Crippen molar-refractivity contribution < 1.29 is 19.2 Å². The summed E-state index contributed by atoms with van der Waals surface area (Å²) in [7, 11) is 1.38. The third kappa shape index (κ3) is 4.40. The lowest BCUT2D eigenvalue weighted by Gasteiger charge is -2.16. The van der Waals surface area contributed by atoms with E-state index in [4.69, 9.17) is 26.3 Å². The van der Waals surface area contributed by atoms with Crippen molar-refractivity contribution in [2.75, 3.05) is 12.4 Å². The van der Waals surface area contributed by atoms with Gasteiger partial charge < -0.3 is 14.8 Å². The maximum Gasteiger partial charge on any atom is 0.271 e. The van der Waals surface area contributed by atoms with Gasteiger partial charge in [-0.15, -0.1) is 0 Å². The van der Waals surface area contributed by atoms with Crippen LogP contribution in [0.5, 0.6) is 11.5 Å². The van der Waals surface area contributed by atoms with Crippen LogP contribution in [0, 0.1) is 21.4 Å². The number of nitrogens with zero attached hydrogens (tertiary/aromatic N) is 2. The molecule has 134 valence electrons. The summed E-state index contributed by atoms with van der Waals surface area (Å²) in [4.78, 5) is 22.7. The fourth-order valence-electron chi connectivity index (χ4n) is 2.05. The monoisotopic (exact) mass is 375 g/mol. The lowest BCUT2D eigenvalue weighted by molar-refractivity contribution is -0.384. The number of hydrogen-bond donors (Lipinski definition) is 1. The molecule has 0 radical (unpaired) electrons. The minimum absolute atomic E-state index is 0.146. The Bertz CT molecular complexity index is 894. The summed E-state index contributed by atoms with van der Waals surface area (Å²) in [5, 5.41) is 22.4. The Morgan fingerprint density at radius 1 is 1.31 bits per heavy atom. The molecule has 26 heavy (non-hydrogen) atoms. The van der Waals surface area contributed by atoms with Gasteiger partial charge in [0.1, 0.15) is 11.5 Å². The van der Waals surface area contributed by atoms with E-state index in [1.54, 1.807) is 0 Å². The van der Waals surface area contributed by atoms with Gasteiger partial charge in [-0.1, -0.05) is 11.6 Å². The second-order valence-electron chi connectivity index (χ2n) is 5.15. The molecule has 1 atom stereocenters. The summed E-state index contributed by atoms with van der Waals surface area (Å²) >= 11 is 6.02. The van der Waals surface area contributed by atoms with Crippen LogP contribution in [0.15, 0.2) is 36.4 Å². The van der Waals surface area contributed by atoms with Crippen molar-refractivity contribution in [2.45, 2.75) is 13.0 Å². The number of carbonyl (C=O) groups is 1. The van der Waals surface area contributed by atoms with Crippen molar-refractivity contribution in [2.24, 2.45) is 0 Å². The number of nitro benzene ring substituents is 1. The zero-order chi connectivity index (χ0) is 19.3. The number of benzene rings is 2. The summed E-state index contributed by atoms with van der Waals surface area (Å²) in [6.07, 6.45) is -0.954. The third-order valence-electron chi connectivity index (χ3n) is 3.39. The maximum atomic E-state index is 12.3. The molecule has 8 nitrogen and oxygen atoms in total. The Morgan fingerprint density at radius 2 is 2.00 bits per heavy atom. The predicted octanol–water partition coefficient (Wildman–Crippen LogP) is 3.53. The van der Waals surface area contributed by atoms with Crippen LogP contribution in [0.2, 0.25) is 5.02 Å². The van der Waals surface area contributed by atoms with Crippen LogP contribution < -0.4 is 14.8 Å². The molecule has 0 heterocycles. The lowest BCUT2D eigenvalue weighted by atomic mass is 10.2. The molecule has 2 aromatic rings. The number of hydrogen-bond acceptors (Lipinski definition) is 6. The van der Waals surface area contributed by atoms with Crippen LogP contribution in [0.1, 0.15) is 12.5 Å². The topological polar surface area (TPSA) is 114 Å². The summed E-state index contributed by atoms with van der Waals surface area (Å²) in [6.45, 7) is 1.49. The second-order valence-corrected chi connectivity index (χ2v) is 5.56. The van der Waals surface area contributed by atoms with Gasteiger partial charge >= 0.3 is 0 Å². The van der Waals surface area contributed by atoms with E-state index in [0.717, 1.165) is 0 Å². The molecule has 0 saturated carbocycles. The van der Waals surface area contributed by atoms with Crippen molar-refractivity contribution in [1.82, 2.24) is 0 Å². The zero-order valence-corrected chi connectivity index (χ0v) is 14.6. The molecule has 0 bridgehead atoms. The predicted molar refractivity (Wildman–Crippen MR) is 94.5 cm³/mol. The van der Waals surface area contributed by atoms with Gasteiger partial charge in [0.25, 0.3) is 11.6 Å². The molecule has 0 aliphatic rings. The third-order valence-corrected chi connectivity index (χ3v) is 3.68. The molecule has 2 aromatic carbocycles. The van der Waals surface area contributed by atoms with Gasteiger partial charge in [-0.2, -0.15) is 5.26 Å². The molecule has 0 fully saturated rings. The van der Waals surface area contributed by atoms with Crippen LogP contribution in [0.3, 0.4) is 0 Å².